The second kappa shape index (κ2) is 10.1. The highest BCUT2D eigenvalue weighted by Crippen LogP contribution is 2.36. The van der Waals surface area contributed by atoms with E-state index in [0.29, 0.717) is 5.75 Å². The number of amidine groups is 1. The van der Waals surface area contributed by atoms with Crippen molar-refractivity contribution >= 4 is 23.1 Å². The highest BCUT2D eigenvalue weighted by Gasteiger charge is 2.34. The first-order valence-corrected chi connectivity index (χ1v) is 8.89. The molecular weight excluding hydrogens is 401 g/mol. The number of alkyl halides is 5. The SMILES string of the molecule is NC(=NN=Cc1ccc(C(F)(F)F)c(OCC(F)F)c1)SCc1ccccc1. The molecular formula is C18H16F5N3OS. The van der Waals surface area contributed by atoms with E-state index in [1.807, 2.05) is 30.3 Å². The zero-order valence-corrected chi connectivity index (χ0v) is 15.2. The van der Waals surface area contributed by atoms with Crippen LogP contribution in [-0.4, -0.2) is 24.4 Å². The number of nitrogens with zero attached hydrogens (tertiary/aromatic N) is 2. The van der Waals surface area contributed by atoms with Crippen molar-refractivity contribution in [3.05, 3.63) is 65.2 Å². The molecule has 10 heteroatoms. The number of hydrogen-bond acceptors (Lipinski definition) is 4. The predicted octanol–water partition coefficient (Wildman–Crippen LogP) is 4.93. The minimum atomic E-state index is -4.73. The lowest BCUT2D eigenvalue weighted by Crippen LogP contribution is -2.13. The van der Waals surface area contributed by atoms with Crippen molar-refractivity contribution in [2.45, 2.75) is 18.4 Å². The molecule has 0 saturated heterocycles. The van der Waals surface area contributed by atoms with Crippen molar-refractivity contribution in [2.24, 2.45) is 15.9 Å². The van der Waals surface area contributed by atoms with Crippen LogP contribution in [0.1, 0.15) is 16.7 Å². The number of rotatable bonds is 7. The van der Waals surface area contributed by atoms with Gasteiger partial charge >= 0.3 is 6.18 Å². The van der Waals surface area contributed by atoms with Gasteiger partial charge in [0.2, 0.25) is 0 Å². The summed E-state index contributed by atoms with van der Waals surface area (Å²) in [6.45, 7) is -1.15. The largest absolute Gasteiger partial charge is 0.487 e. The molecule has 0 radical (unpaired) electrons. The molecule has 150 valence electrons. The molecule has 0 saturated carbocycles. The van der Waals surface area contributed by atoms with E-state index in [9.17, 15) is 22.0 Å². The number of nitrogens with two attached hydrogens (primary N) is 1. The van der Waals surface area contributed by atoms with Crippen molar-refractivity contribution in [2.75, 3.05) is 6.61 Å². The maximum atomic E-state index is 12.9. The first-order chi connectivity index (χ1) is 13.3. The van der Waals surface area contributed by atoms with Crippen molar-refractivity contribution in [1.29, 1.82) is 0 Å². The fourth-order valence-corrected chi connectivity index (χ4v) is 2.65. The van der Waals surface area contributed by atoms with E-state index in [1.54, 1.807) is 0 Å². The van der Waals surface area contributed by atoms with Gasteiger partial charge in [-0.2, -0.15) is 18.3 Å². The average Bonchev–Trinajstić information content (AvgIpc) is 2.65. The summed E-state index contributed by atoms with van der Waals surface area (Å²) in [5.41, 5.74) is 5.81. The zero-order chi connectivity index (χ0) is 20.6. The number of hydrogen-bond donors (Lipinski definition) is 1. The van der Waals surface area contributed by atoms with Gasteiger partial charge in [0.1, 0.15) is 12.4 Å². The summed E-state index contributed by atoms with van der Waals surface area (Å²) in [6.07, 6.45) is -6.47. The van der Waals surface area contributed by atoms with Gasteiger partial charge in [0, 0.05) is 5.75 Å². The number of halogens is 5. The summed E-state index contributed by atoms with van der Waals surface area (Å²) in [5.74, 6) is -0.121. The van der Waals surface area contributed by atoms with Gasteiger partial charge in [0.25, 0.3) is 6.43 Å². The molecule has 0 spiro atoms. The van der Waals surface area contributed by atoms with Crippen molar-refractivity contribution in [1.82, 2.24) is 0 Å². The quantitative estimate of drug-likeness (QED) is 0.301. The topological polar surface area (TPSA) is 60.0 Å². The van der Waals surface area contributed by atoms with Gasteiger partial charge in [0.05, 0.1) is 11.8 Å². The van der Waals surface area contributed by atoms with E-state index in [2.05, 4.69) is 14.9 Å². The first kappa shape index (κ1) is 21.7. The zero-order valence-electron chi connectivity index (χ0n) is 14.4. The minimum Gasteiger partial charge on any atom is -0.487 e. The molecule has 2 aromatic rings. The van der Waals surface area contributed by atoms with Crippen LogP contribution in [0.25, 0.3) is 0 Å². The third-order valence-corrected chi connectivity index (χ3v) is 4.12. The van der Waals surface area contributed by atoms with Gasteiger partial charge in [-0.3, -0.25) is 0 Å². The number of ether oxygens (including phenoxy) is 1. The van der Waals surface area contributed by atoms with Gasteiger partial charge in [-0.15, -0.1) is 5.10 Å². The Morgan fingerprint density at radius 2 is 1.86 bits per heavy atom. The number of thioether (sulfide) groups is 1. The minimum absolute atomic E-state index is 0.168. The monoisotopic (exact) mass is 417 g/mol. The van der Waals surface area contributed by atoms with Crippen molar-refractivity contribution in [3.63, 3.8) is 0 Å². The summed E-state index contributed by atoms with van der Waals surface area (Å²) < 4.78 is 68.0. The van der Waals surface area contributed by atoms with Crippen LogP contribution in [0.5, 0.6) is 5.75 Å². The van der Waals surface area contributed by atoms with Gasteiger partial charge in [-0.25, -0.2) is 8.78 Å². The molecule has 4 nitrogen and oxygen atoms in total. The third-order valence-electron chi connectivity index (χ3n) is 3.27. The van der Waals surface area contributed by atoms with Crippen molar-refractivity contribution in [3.8, 4) is 5.75 Å². The molecule has 2 rings (SSSR count). The van der Waals surface area contributed by atoms with Crippen LogP contribution in [0.15, 0.2) is 58.7 Å². The van der Waals surface area contributed by atoms with E-state index in [4.69, 9.17) is 5.73 Å². The number of benzene rings is 2. The lowest BCUT2D eigenvalue weighted by atomic mass is 10.1. The molecule has 0 unspecified atom stereocenters. The Kier molecular flexibility index (Phi) is 7.80. The Balaban J connectivity index is 2.06. The fraction of sp³-hybridized carbons (Fsp3) is 0.222. The highest BCUT2D eigenvalue weighted by molar-refractivity contribution is 8.13. The summed E-state index contributed by atoms with van der Waals surface area (Å²) in [7, 11) is 0. The maximum Gasteiger partial charge on any atom is 0.419 e. The molecule has 0 bridgehead atoms. The van der Waals surface area contributed by atoms with Crippen LogP contribution in [0.3, 0.4) is 0 Å². The van der Waals surface area contributed by atoms with E-state index < -0.39 is 30.5 Å². The van der Waals surface area contributed by atoms with E-state index in [1.165, 1.54) is 11.8 Å². The lowest BCUT2D eigenvalue weighted by molar-refractivity contribution is -0.139. The smallest absolute Gasteiger partial charge is 0.419 e. The van der Waals surface area contributed by atoms with Crippen LogP contribution in [0.2, 0.25) is 0 Å². The lowest BCUT2D eigenvalue weighted by Gasteiger charge is -2.14. The molecule has 0 aliphatic carbocycles. The predicted molar refractivity (Wildman–Crippen MR) is 99.9 cm³/mol. The Morgan fingerprint density at radius 1 is 1.14 bits per heavy atom. The van der Waals surface area contributed by atoms with E-state index in [-0.39, 0.29) is 10.7 Å². The van der Waals surface area contributed by atoms with Crippen LogP contribution in [0, 0.1) is 0 Å². The molecule has 2 aromatic carbocycles. The Morgan fingerprint density at radius 3 is 2.50 bits per heavy atom. The molecule has 0 fully saturated rings. The molecule has 0 atom stereocenters. The molecule has 0 aromatic heterocycles. The maximum absolute atomic E-state index is 12.9. The standard InChI is InChI=1S/C18H16F5N3OS/c19-16(20)10-27-15-8-13(6-7-14(15)18(21,22)23)9-25-26-17(24)28-11-12-4-2-1-3-5-12/h1-9,16H,10-11H2,(H2,24,26). The Hall–Kier alpha value is -2.62. The summed E-state index contributed by atoms with van der Waals surface area (Å²) in [4.78, 5) is 0. The normalized spacial score (nSPS) is 12.7. The molecule has 0 amide bonds. The second-order valence-corrected chi connectivity index (χ2v) is 6.41. The van der Waals surface area contributed by atoms with E-state index >= 15 is 0 Å². The van der Waals surface area contributed by atoms with Crippen LogP contribution in [-0.2, 0) is 11.9 Å². The van der Waals surface area contributed by atoms with Crippen molar-refractivity contribution < 1.29 is 26.7 Å². The van der Waals surface area contributed by atoms with Gasteiger partial charge in [-0.05, 0) is 23.3 Å². The molecule has 0 heterocycles. The van der Waals surface area contributed by atoms with Gasteiger partial charge in [0.15, 0.2) is 5.17 Å². The van der Waals surface area contributed by atoms with Crippen LogP contribution < -0.4 is 10.5 Å². The highest BCUT2D eigenvalue weighted by atomic mass is 32.2. The third kappa shape index (κ3) is 7.18. The molecule has 2 N–H and O–H groups in total. The second-order valence-electron chi connectivity index (χ2n) is 5.41. The molecule has 0 aliphatic rings. The van der Waals surface area contributed by atoms with Crippen LogP contribution in [0.4, 0.5) is 22.0 Å². The average molecular weight is 417 g/mol. The summed E-state index contributed by atoms with van der Waals surface area (Å²) >= 11 is 1.24. The van der Waals surface area contributed by atoms with E-state index in [0.717, 1.165) is 30.0 Å². The molecule has 28 heavy (non-hydrogen) atoms. The molecule has 0 aliphatic heterocycles. The Labute approximate surface area is 162 Å². The van der Waals surface area contributed by atoms with Gasteiger partial charge < -0.3 is 10.5 Å². The summed E-state index contributed by atoms with van der Waals surface area (Å²) in [6, 6.07) is 12.3. The summed E-state index contributed by atoms with van der Waals surface area (Å²) in [5, 5.41) is 7.64. The van der Waals surface area contributed by atoms with Crippen LogP contribution >= 0.6 is 11.8 Å². The Bertz CT molecular complexity index is 826. The first-order valence-electron chi connectivity index (χ1n) is 7.91. The van der Waals surface area contributed by atoms with Gasteiger partial charge in [-0.1, -0.05) is 48.2 Å². The fourth-order valence-electron chi connectivity index (χ4n) is 2.04.